The molecule has 2 aromatic carbocycles. The van der Waals surface area contributed by atoms with E-state index in [1.54, 1.807) is 36.8 Å². The van der Waals surface area contributed by atoms with Crippen molar-refractivity contribution in [2.24, 2.45) is 5.10 Å². The number of furan rings is 1. The van der Waals surface area contributed by atoms with Crippen molar-refractivity contribution >= 4 is 26.5 Å². The molecule has 26 heavy (non-hydrogen) atoms. The maximum Gasteiger partial charge on any atom is 0.276 e. The van der Waals surface area contributed by atoms with Crippen LogP contribution in [-0.4, -0.2) is 14.1 Å². The van der Waals surface area contributed by atoms with Crippen molar-refractivity contribution in [3.8, 4) is 0 Å². The highest BCUT2D eigenvalue weighted by Gasteiger charge is 2.12. The zero-order valence-corrected chi connectivity index (χ0v) is 16.1. The van der Waals surface area contributed by atoms with Crippen LogP contribution in [0.2, 0.25) is 0 Å². The molecule has 138 valence electrons. The predicted molar refractivity (Wildman–Crippen MR) is 106 cm³/mol. The van der Waals surface area contributed by atoms with Crippen LogP contribution in [0.25, 0.3) is 10.8 Å². The molecule has 1 heterocycles. The van der Waals surface area contributed by atoms with Crippen LogP contribution in [0, 0.1) is 6.92 Å². The second-order valence-electron chi connectivity index (χ2n) is 5.79. The van der Waals surface area contributed by atoms with E-state index in [9.17, 15) is 8.42 Å². The van der Waals surface area contributed by atoms with Crippen LogP contribution >= 0.6 is 0 Å². The summed E-state index contributed by atoms with van der Waals surface area (Å²) >= 11 is 0. The molecule has 0 saturated carbocycles. The number of fused-ring (bicyclic) bond motifs is 1. The SMILES string of the molecule is CCC(CC)=NNS(=O)(=O)c1ccc(C)cc1.c1ccc2cocc2c1. The van der Waals surface area contributed by atoms with Gasteiger partial charge in [0.25, 0.3) is 10.0 Å². The lowest BCUT2D eigenvalue weighted by Gasteiger charge is -2.05. The lowest BCUT2D eigenvalue weighted by molar-refractivity contribution is 0.572. The summed E-state index contributed by atoms with van der Waals surface area (Å²) in [5, 5.41) is 6.24. The number of hydrazone groups is 1. The van der Waals surface area contributed by atoms with Crippen molar-refractivity contribution in [2.45, 2.75) is 38.5 Å². The number of nitrogens with one attached hydrogen (secondary N) is 1. The second-order valence-corrected chi connectivity index (χ2v) is 7.45. The zero-order chi connectivity index (χ0) is 19.0. The fourth-order valence-corrected chi connectivity index (χ4v) is 3.06. The highest BCUT2D eigenvalue weighted by atomic mass is 32.2. The van der Waals surface area contributed by atoms with Gasteiger partial charge in [-0.25, -0.2) is 4.83 Å². The van der Waals surface area contributed by atoms with Crippen LogP contribution in [-0.2, 0) is 10.0 Å². The van der Waals surface area contributed by atoms with E-state index < -0.39 is 10.0 Å². The Morgan fingerprint density at radius 3 is 2.00 bits per heavy atom. The van der Waals surface area contributed by atoms with Crippen molar-refractivity contribution in [3.05, 3.63) is 66.6 Å². The summed E-state index contributed by atoms with van der Waals surface area (Å²) in [7, 11) is -3.53. The fraction of sp³-hybridized carbons (Fsp3) is 0.250. The summed E-state index contributed by atoms with van der Waals surface area (Å²) in [5.41, 5.74) is 1.86. The minimum atomic E-state index is -3.53. The molecular formula is C20H24N2O3S. The van der Waals surface area contributed by atoms with Gasteiger partial charge in [0.1, 0.15) is 0 Å². The summed E-state index contributed by atoms with van der Waals surface area (Å²) in [6.07, 6.45) is 4.98. The van der Waals surface area contributed by atoms with Crippen molar-refractivity contribution in [1.29, 1.82) is 0 Å². The van der Waals surface area contributed by atoms with Gasteiger partial charge in [-0.2, -0.15) is 13.5 Å². The third-order valence-corrected chi connectivity index (χ3v) is 5.08. The summed E-state index contributed by atoms with van der Waals surface area (Å²) in [5.74, 6) is 0. The Kier molecular flexibility index (Phi) is 6.97. The Morgan fingerprint density at radius 2 is 1.50 bits per heavy atom. The first-order valence-corrected chi connectivity index (χ1v) is 9.99. The maximum absolute atomic E-state index is 11.9. The minimum Gasteiger partial charge on any atom is -0.471 e. The Balaban J connectivity index is 0.000000223. The van der Waals surface area contributed by atoms with Gasteiger partial charge in [-0.05, 0) is 31.9 Å². The van der Waals surface area contributed by atoms with Crippen LogP contribution in [0.1, 0.15) is 32.3 Å². The van der Waals surface area contributed by atoms with E-state index >= 15 is 0 Å². The molecule has 0 unspecified atom stereocenters. The van der Waals surface area contributed by atoms with Gasteiger partial charge in [0.15, 0.2) is 0 Å². The van der Waals surface area contributed by atoms with Crippen molar-refractivity contribution in [1.82, 2.24) is 4.83 Å². The van der Waals surface area contributed by atoms with Crippen LogP contribution in [0.3, 0.4) is 0 Å². The third kappa shape index (κ3) is 5.46. The van der Waals surface area contributed by atoms with E-state index in [2.05, 4.69) is 9.93 Å². The molecule has 0 aliphatic rings. The van der Waals surface area contributed by atoms with Gasteiger partial charge in [-0.3, -0.25) is 0 Å². The van der Waals surface area contributed by atoms with Crippen LogP contribution < -0.4 is 4.83 Å². The zero-order valence-electron chi connectivity index (χ0n) is 15.3. The summed E-state index contributed by atoms with van der Waals surface area (Å²) in [4.78, 5) is 2.49. The average molecular weight is 372 g/mol. The summed E-state index contributed by atoms with van der Waals surface area (Å²) in [6, 6.07) is 14.7. The van der Waals surface area contributed by atoms with E-state index in [-0.39, 0.29) is 4.90 Å². The van der Waals surface area contributed by atoms with Crippen molar-refractivity contribution in [3.63, 3.8) is 0 Å². The van der Waals surface area contributed by atoms with Crippen LogP contribution in [0.15, 0.2) is 75.5 Å². The molecule has 5 nitrogen and oxygen atoms in total. The molecule has 1 aromatic heterocycles. The van der Waals surface area contributed by atoms with Gasteiger partial charge < -0.3 is 4.42 Å². The molecule has 0 aliphatic carbocycles. The second kappa shape index (κ2) is 9.20. The first-order chi connectivity index (χ1) is 12.5. The molecule has 0 spiro atoms. The number of hydrogen-bond donors (Lipinski definition) is 1. The highest BCUT2D eigenvalue weighted by molar-refractivity contribution is 7.89. The van der Waals surface area contributed by atoms with Gasteiger partial charge in [-0.15, -0.1) is 0 Å². The van der Waals surface area contributed by atoms with Crippen LogP contribution in [0.4, 0.5) is 0 Å². The smallest absolute Gasteiger partial charge is 0.276 e. The molecule has 0 amide bonds. The Hall–Kier alpha value is -2.60. The van der Waals surface area contributed by atoms with Gasteiger partial charge in [-0.1, -0.05) is 55.8 Å². The van der Waals surface area contributed by atoms with E-state index in [1.165, 1.54) is 0 Å². The van der Waals surface area contributed by atoms with Gasteiger partial charge in [0.05, 0.1) is 17.4 Å². The Bertz CT molecular complexity index is 922. The number of nitrogens with zero attached hydrogens (tertiary/aromatic N) is 1. The Labute approximate surface area is 154 Å². The minimum absolute atomic E-state index is 0.235. The van der Waals surface area contributed by atoms with Crippen molar-refractivity contribution in [2.75, 3.05) is 0 Å². The standard InChI is InChI=1S/C12H18N2O2S.C8H6O/c1-4-11(5-2)13-14-17(15,16)12-8-6-10(3)7-9-12;1-2-4-8-6-9-5-7(8)3-1/h6-9,14H,4-5H2,1-3H3;1-6H. The van der Waals surface area contributed by atoms with E-state index in [0.717, 1.165) is 34.9 Å². The third-order valence-electron chi connectivity index (χ3n) is 3.86. The average Bonchev–Trinajstić information content (AvgIpc) is 3.12. The largest absolute Gasteiger partial charge is 0.471 e. The summed E-state index contributed by atoms with van der Waals surface area (Å²) in [6.45, 7) is 5.80. The van der Waals surface area contributed by atoms with Crippen molar-refractivity contribution < 1.29 is 12.8 Å². The van der Waals surface area contributed by atoms with Crippen LogP contribution in [0.5, 0.6) is 0 Å². The monoisotopic (exact) mass is 372 g/mol. The van der Waals surface area contributed by atoms with Gasteiger partial charge in [0, 0.05) is 16.5 Å². The maximum atomic E-state index is 11.9. The topological polar surface area (TPSA) is 71.7 Å². The number of rotatable bonds is 5. The molecular weight excluding hydrogens is 348 g/mol. The molecule has 3 rings (SSSR count). The summed E-state index contributed by atoms with van der Waals surface area (Å²) < 4.78 is 28.7. The van der Waals surface area contributed by atoms with Gasteiger partial charge in [0.2, 0.25) is 0 Å². The molecule has 0 aliphatic heterocycles. The van der Waals surface area contributed by atoms with Gasteiger partial charge >= 0.3 is 0 Å². The molecule has 0 saturated heterocycles. The first-order valence-electron chi connectivity index (χ1n) is 8.51. The number of hydrogen-bond acceptors (Lipinski definition) is 4. The highest BCUT2D eigenvalue weighted by Crippen LogP contribution is 2.13. The molecule has 0 atom stereocenters. The Morgan fingerprint density at radius 1 is 0.962 bits per heavy atom. The first kappa shape index (κ1) is 19.7. The molecule has 0 radical (unpaired) electrons. The quantitative estimate of drug-likeness (QED) is 0.512. The fourth-order valence-electron chi connectivity index (χ4n) is 2.21. The lowest BCUT2D eigenvalue weighted by Crippen LogP contribution is -2.20. The molecule has 0 bridgehead atoms. The molecule has 1 N–H and O–H groups in total. The normalized spacial score (nSPS) is 10.7. The van der Waals surface area contributed by atoms with E-state index in [1.807, 2.05) is 45.0 Å². The number of sulfonamides is 1. The predicted octanol–water partition coefficient (Wildman–Crippen LogP) is 4.88. The number of benzene rings is 2. The number of aryl methyl sites for hydroxylation is 1. The molecule has 6 heteroatoms. The molecule has 0 fully saturated rings. The van der Waals surface area contributed by atoms with E-state index in [4.69, 9.17) is 4.42 Å². The molecule has 3 aromatic rings. The lowest BCUT2D eigenvalue weighted by atomic mass is 10.2. The van der Waals surface area contributed by atoms with E-state index in [0.29, 0.717) is 0 Å².